The Labute approximate surface area is 228 Å². The molecule has 1 aliphatic heterocycles. The van der Waals surface area contributed by atoms with Crippen molar-refractivity contribution in [1.82, 2.24) is 19.8 Å². The number of rotatable bonds is 9. The standard InChI is InChI=1S/C30H36N6O3/c1-33(2)15-20(39-7)16-36-17-24(22-13-19(35(5)6)9-11-26(22)36)28-27(29(37)32-30(28)38)23-14-31-25-10-8-18(34(3)4)12-21(23)25/h8-14,17,20,31H,15-16H2,1-7H3,(H,32,37,38). The van der Waals surface area contributed by atoms with Crippen LogP contribution in [0.3, 0.4) is 0 Å². The Balaban J connectivity index is 1.75. The van der Waals surface area contributed by atoms with Gasteiger partial charge in [0, 0.05) is 98.5 Å². The van der Waals surface area contributed by atoms with Gasteiger partial charge in [0.15, 0.2) is 0 Å². The molecule has 0 radical (unpaired) electrons. The van der Waals surface area contributed by atoms with Gasteiger partial charge in [0.05, 0.1) is 23.8 Å². The first-order valence-corrected chi connectivity index (χ1v) is 13.0. The lowest BCUT2D eigenvalue weighted by atomic mass is 9.95. The van der Waals surface area contributed by atoms with E-state index in [2.05, 4.69) is 38.0 Å². The summed E-state index contributed by atoms with van der Waals surface area (Å²) in [7, 11) is 13.7. The molecule has 39 heavy (non-hydrogen) atoms. The third-order valence-corrected chi connectivity index (χ3v) is 7.34. The van der Waals surface area contributed by atoms with Crippen molar-refractivity contribution in [1.29, 1.82) is 0 Å². The number of imide groups is 1. The largest absolute Gasteiger partial charge is 0.378 e. The fraction of sp³-hybridized carbons (Fsp3) is 0.333. The summed E-state index contributed by atoms with van der Waals surface area (Å²) in [5.74, 6) is -0.780. The minimum absolute atomic E-state index is 0.0532. The lowest BCUT2D eigenvalue weighted by Gasteiger charge is -2.21. The number of nitrogens with one attached hydrogen (secondary N) is 2. The van der Waals surface area contributed by atoms with E-state index in [1.54, 1.807) is 7.11 Å². The highest BCUT2D eigenvalue weighted by molar-refractivity contribution is 6.50. The van der Waals surface area contributed by atoms with Crippen LogP contribution in [0.4, 0.5) is 11.4 Å². The fourth-order valence-electron chi connectivity index (χ4n) is 5.31. The van der Waals surface area contributed by atoms with E-state index >= 15 is 0 Å². The third kappa shape index (κ3) is 4.79. The zero-order valence-corrected chi connectivity index (χ0v) is 23.6. The molecule has 0 fully saturated rings. The number of nitrogens with zero attached hydrogens (tertiary/aromatic N) is 4. The maximum Gasteiger partial charge on any atom is 0.259 e. The van der Waals surface area contributed by atoms with Gasteiger partial charge in [0.1, 0.15) is 0 Å². The van der Waals surface area contributed by atoms with Gasteiger partial charge in [-0.2, -0.15) is 0 Å². The van der Waals surface area contributed by atoms with Crippen LogP contribution in [-0.4, -0.2) is 88.3 Å². The molecule has 1 unspecified atom stereocenters. The SMILES string of the molecule is COC(CN(C)C)Cn1cc(C2=C(c3c[nH]c4ccc(N(C)C)cc34)C(=O)NC2=O)c2cc(N(C)C)ccc21. The van der Waals surface area contributed by atoms with E-state index in [1.165, 1.54) is 0 Å². The molecule has 0 bridgehead atoms. The number of methoxy groups -OCH3 is 1. The van der Waals surface area contributed by atoms with Gasteiger partial charge in [-0.15, -0.1) is 0 Å². The highest BCUT2D eigenvalue weighted by Crippen LogP contribution is 2.40. The molecule has 2 N–H and O–H groups in total. The van der Waals surface area contributed by atoms with E-state index in [4.69, 9.17) is 4.74 Å². The Hall–Kier alpha value is -4.08. The first-order valence-electron chi connectivity index (χ1n) is 13.0. The first kappa shape index (κ1) is 26.5. The third-order valence-electron chi connectivity index (χ3n) is 7.34. The number of amides is 2. The van der Waals surface area contributed by atoms with Crippen molar-refractivity contribution in [3.8, 4) is 0 Å². The molecule has 3 heterocycles. The van der Waals surface area contributed by atoms with E-state index in [-0.39, 0.29) is 12.0 Å². The van der Waals surface area contributed by atoms with Crippen LogP contribution in [0.15, 0.2) is 48.8 Å². The van der Waals surface area contributed by atoms with Crippen LogP contribution in [0.25, 0.3) is 33.0 Å². The minimum Gasteiger partial charge on any atom is -0.378 e. The van der Waals surface area contributed by atoms with Crippen LogP contribution in [0.5, 0.6) is 0 Å². The number of ether oxygens (including phenoxy) is 1. The molecule has 0 aliphatic carbocycles. The molecule has 5 rings (SSSR count). The quantitative estimate of drug-likeness (QED) is 0.324. The lowest BCUT2D eigenvalue weighted by molar-refractivity contribution is -0.122. The second kappa shape index (κ2) is 10.2. The van der Waals surface area contributed by atoms with Gasteiger partial charge in [0.25, 0.3) is 11.8 Å². The van der Waals surface area contributed by atoms with Crippen molar-refractivity contribution in [3.05, 3.63) is 59.9 Å². The van der Waals surface area contributed by atoms with Crippen LogP contribution in [-0.2, 0) is 20.9 Å². The van der Waals surface area contributed by atoms with E-state index in [0.29, 0.717) is 23.3 Å². The minimum atomic E-state index is -0.391. The van der Waals surface area contributed by atoms with Gasteiger partial charge in [-0.1, -0.05) is 0 Å². The maximum absolute atomic E-state index is 13.4. The molecule has 0 saturated carbocycles. The van der Waals surface area contributed by atoms with Crippen LogP contribution in [0, 0.1) is 0 Å². The Morgan fingerprint density at radius 1 is 0.846 bits per heavy atom. The molecule has 2 aromatic heterocycles. The van der Waals surface area contributed by atoms with Crippen LogP contribution in [0.2, 0.25) is 0 Å². The molecule has 0 saturated heterocycles. The van der Waals surface area contributed by atoms with Crippen LogP contribution >= 0.6 is 0 Å². The van der Waals surface area contributed by atoms with E-state index in [1.807, 2.05) is 82.7 Å². The van der Waals surface area contributed by atoms with Gasteiger partial charge in [-0.25, -0.2) is 0 Å². The number of benzene rings is 2. The molecule has 2 aromatic carbocycles. The second-order valence-corrected chi connectivity index (χ2v) is 10.8. The van der Waals surface area contributed by atoms with Gasteiger partial charge in [0.2, 0.25) is 0 Å². The molecule has 204 valence electrons. The molecule has 9 heteroatoms. The van der Waals surface area contributed by atoms with E-state index in [9.17, 15) is 9.59 Å². The average molecular weight is 529 g/mol. The second-order valence-electron chi connectivity index (χ2n) is 10.8. The summed E-state index contributed by atoms with van der Waals surface area (Å²) in [4.78, 5) is 36.2. The van der Waals surface area contributed by atoms with Gasteiger partial charge >= 0.3 is 0 Å². The Bertz CT molecular complexity index is 1610. The number of carbonyl (C=O) groups is 2. The van der Waals surface area contributed by atoms with E-state index < -0.39 is 5.91 Å². The molecule has 1 aliphatic rings. The zero-order valence-electron chi connectivity index (χ0n) is 23.6. The number of carbonyl (C=O) groups excluding carboxylic acids is 2. The van der Waals surface area contributed by atoms with Gasteiger partial charge in [-0.3, -0.25) is 14.9 Å². The molecule has 2 amide bonds. The maximum atomic E-state index is 13.4. The summed E-state index contributed by atoms with van der Waals surface area (Å²) < 4.78 is 7.91. The summed E-state index contributed by atoms with van der Waals surface area (Å²) in [6, 6.07) is 12.3. The van der Waals surface area contributed by atoms with Gasteiger partial charge < -0.3 is 29.0 Å². The number of fused-ring (bicyclic) bond motifs is 2. The molecule has 0 spiro atoms. The molecule has 1 atom stereocenters. The average Bonchev–Trinajstić information content (AvgIpc) is 3.54. The van der Waals surface area contributed by atoms with Crippen molar-refractivity contribution in [3.63, 3.8) is 0 Å². The number of H-pyrrole nitrogens is 1. The monoisotopic (exact) mass is 528 g/mol. The fourth-order valence-corrected chi connectivity index (χ4v) is 5.31. The summed E-state index contributed by atoms with van der Waals surface area (Å²) >= 11 is 0. The predicted octanol–water partition coefficient (Wildman–Crippen LogP) is 3.40. The summed E-state index contributed by atoms with van der Waals surface area (Å²) in [6.07, 6.45) is 3.75. The van der Waals surface area contributed by atoms with Gasteiger partial charge in [-0.05, 0) is 50.5 Å². The number of hydrogen-bond donors (Lipinski definition) is 2. The number of likely N-dealkylation sites (N-methyl/N-ethyl adjacent to an activating group) is 1. The predicted molar refractivity (Wildman–Crippen MR) is 158 cm³/mol. The van der Waals surface area contributed by atoms with Crippen LogP contribution in [0.1, 0.15) is 11.1 Å². The highest BCUT2D eigenvalue weighted by atomic mass is 16.5. The molecular formula is C30H36N6O3. The highest BCUT2D eigenvalue weighted by Gasteiger charge is 2.35. The molecule has 9 nitrogen and oxygen atoms in total. The van der Waals surface area contributed by atoms with Crippen molar-refractivity contribution in [2.45, 2.75) is 12.6 Å². The Morgan fingerprint density at radius 2 is 1.46 bits per heavy atom. The number of aromatic nitrogens is 2. The Morgan fingerprint density at radius 3 is 2.08 bits per heavy atom. The first-order chi connectivity index (χ1) is 18.6. The normalized spacial score (nSPS) is 14.7. The van der Waals surface area contributed by atoms with Crippen molar-refractivity contribution in [2.75, 3.05) is 65.7 Å². The molecular weight excluding hydrogens is 492 g/mol. The number of hydrogen-bond acceptors (Lipinski definition) is 6. The van der Waals surface area contributed by atoms with E-state index in [0.717, 1.165) is 45.3 Å². The topological polar surface area (TPSA) is 85.8 Å². The summed E-state index contributed by atoms with van der Waals surface area (Å²) in [6.45, 7) is 1.35. The summed E-state index contributed by atoms with van der Waals surface area (Å²) in [5, 5.41) is 4.37. The van der Waals surface area contributed by atoms with Crippen molar-refractivity contribution in [2.24, 2.45) is 0 Å². The number of aromatic amines is 1. The summed E-state index contributed by atoms with van der Waals surface area (Å²) in [5.41, 5.74) is 6.10. The zero-order chi connectivity index (χ0) is 28.0. The smallest absolute Gasteiger partial charge is 0.259 e. The van der Waals surface area contributed by atoms with Crippen LogP contribution < -0.4 is 15.1 Å². The lowest BCUT2D eigenvalue weighted by Crippen LogP contribution is -2.31. The molecule has 4 aromatic rings. The van der Waals surface area contributed by atoms with Crippen molar-refractivity contribution < 1.29 is 14.3 Å². The number of anilines is 2. The van der Waals surface area contributed by atoms with Crippen molar-refractivity contribution >= 4 is 56.1 Å². The Kier molecular flexibility index (Phi) is 6.96.